The van der Waals surface area contributed by atoms with Gasteiger partial charge in [-0.15, -0.1) is 6.42 Å². The molecule has 0 saturated heterocycles. The molecule has 1 rings (SSSR count). The van der Waals surface area contributed by atoms with Gasteiger partial charge in [-0.1, -0.05) is 18.9 Å². The molecule has 0 spiro atoms. The summed E-state index contributed by atoms with van der Waals surface area (Å²) < 4.78 is 31.9. The van der Waals surface area contributed by atoms with Crippen molar-refractivity contribution >= 4 is 0 Å². The highest BCUT2D eigenvalue weighted by Crippen LogP contribution is 2.15. The average molecular weight is 311 g/mol. The number of terminal acetylenes is 1. The molecule has 0 heterocycles. The van der Waals surface area contributed by atoms with Crippen molar-refractivity contribution in [3.8, 4) is 12.3 Å². The van der Waals surface area contributed by atoms with Crippen LogP contribution >= 0.6 is 0 Å². The maximum Gasteiger partial charge on any atom is 0.130 e. The van der Waals surface area contributed by atoms with Gasteiger partial charge >= 0.3 is 0 Å². The lowest BCUT2D eigenvalue weighted by molar-refractivity contribution is 0.0167. The minimum absolute atomic E-state index is 0.128. The zero-order valence-corrected chi connectivity index (χ0v) is 13.1. The van der Waals surface area contributed by atoms with Crippen LogP contribution in [0, 0.1) is 24.0 Å². The van der Waals surface area contributed by atoms with Crippen LogP contribution in [0.25, 0.3) is 0 Å². The van der Waals surface area contributed by atoms with Gasteiger partial charge in [0, 0.05) is 30.8 Å². The van der Waals surface area contributed by atoms with E-state index in [1.165, 1.54) is 12.1 Å². The molecular formula is C17H23F2NO2. The fourth-order valence-corrected chi connectivity index (χ4v) is 2.10. The van der Waals surface area contributed by atoms with Gasteiger partial charge in [-0.25, -0.2) is 8.78 Å². The summed E-state index contributed by atoms with van der Waals surface area (Å²) in [5.74, 6) is 1.16. The molecule has 1 aromatic rings. The zero-order valence-electron chi connectivity index (χ0n) is 13.1. The fraction of sp³-hybridized carbons (Fsp3) is 0.529. The van der Waals surface area contributed by atoms with E-state index in [9.17, 15) is 13.9 Å². The molecule has 0 radical (unpaired) electrons. The Balaban J connectivity index is 2.70. The van der Waals surface area contributed by atoms with E-state index in [0.29, 0.717) is 18.7 Å². The van der Waals surface area contributed by atoms with Crippen molar-refractivity contribution in [2.45, 2.75) is 39.0 Å². The van der Waals surface area contributed by atoms with Crippen molar-refractivity contribution in [1.82, 2.24) is 4.90 Å². The molecular weight excluding hydrogens is 288 g/mol. The number of ether oxygens (including phenoxy) is 1. The molecule has 0 bridgehead atoms. The van der Waals surface area contributed by atoms with Crippen LogP contribution in [-0.4, -0.2) is 41.9 Å². The van der Waals surface area contributed by atoms with Crippen molar-refractivity contribution in [3.63, 3.8) is 0 Å². The molecule has 122 valence electrons. The average Bonchev–Trinajstić information content (AvgIpc) is 2.48. The predicted molar refractivity (Wildman–Crippen MR) is 82.2 cm³/mol. The van der Waals surface area contributed by atoms with Gasteiger partial charge in [0.1, 0.15) is 18.2 Å². The summed E-state index contributed by atoms with van der Waals surface area (Å²) in [7, 11) is 0. The van der Waals surface area contributed by atoms with Crippen molar-refractivity contribution in [3.05, 3.63) is 35.4 Å². The van der Waals surface area contributed by atoms with E-state index in [4.69, 9.17) is 11.2 Å². The van der Waals surface area contributed by atoms with Crippen molar-refractivity contribution < 1.29 is 18.6 Å². The van der Waals surface area contributed by atoms with Gasteiger partial charge in [-0.2, -0.15) is 0 Å². The summed E-state index contributed by atoms with van der Waals surface area (Å²) in [6, 6.07) is 3.68. The van der Waals surface area contributed by atoms with E-state index in [0.717, 1.165) is 12.5 Å². The molecule has 1 aromatic carbocycles. The third-order valence-electron chi connectivity index (χ3n) is 3.54. The predicted octanol–water partition coefficient (Wildman–Crippen LogP) is 2.58. The zero-order chi connectivity index (χ0) is 16.5. The lowest BCUT2D eigenvalue weighted by Gasteiger charge is -2.30. The number of aliphatic hydroxyl groups is 1. The van der Waals surface area contributed by atoms with E-state index in [-0.39, 0.29) is 19.3 Å². The summed E-state index contributed by atoms with van der Waals surface area (Å²) in [6.07, 6.45) is 5.21. The van der Waals surface area contributed by atoms with Gasteiger partial charge < -0.3 is 9.84 Å². The highest BCUT2D eigenvalue weighted by molar-refractivity contribution is 5.18. The van der Waals surface area contributed by atoms with E-state index in [2.05, 4.69) is 5.92 Å². The Kier molecular flexibility index (Phi) is 8.03. The third-order valence-corrected chi connectivity index (χ3v) is 3.54. The van der Waals surface area contributed by atoms with Gasteiger partial charge in [0.25, 0.3) is 0 Å². The molecule has 0 amide bonds. The molecule has 5 heteroatoms. The van der Waals surface area contributed by atoms with Crippen molar-refractivity contribution in [2.24, 2.45) is 0 Å². The highest BCUT2D eigenvalue weighted by Gasteiger charge is 2.18. The van der Waals surface area contributed by atoms with Crippen molar-refractivity contribution in [1.29, 1.82) is 0 Å². The van der Waals surface area contributed by atoms with Gasteiger partial charge in [0.15, 0.2) is 0 Å². The maximum absolute atomic E-state index is 13.8. The first kappa shape index (κ1) is 18.6. The number of rotatable bonds is 9. The number of halogens is 2. The second kappa shape index (κ2) is 9.52. The van der Waals surface area contributed by atoms with Crippen LogP contribution in [0.15, 0.2) is 18.2 Å². The topological polar surface area (TPSA) is 32.7 Å². The lowest BCUT2D eigenvalue weighted by atomic mass is 10.1. The molecule has 0 aliphatic heterocycles. The van der Waals surface area contributed by atoms with E-state index in [1.807, 2.05) is 18.7 Å². The molecule has 0 saturated carbocycles. The number of hydrogen-bond donors (Lipinski definition) is 1. The second-order valence-corrected chi connectivity index (χ2v) is 5.30. The Labute approximate surface area is 130 Å². The molecule has 0 aliphatic rings. The monoisotopic (exact) mass is 311 g/mol. The molecule has 22 heavy (non-hydrogen) atoms. The molecule has 1 N–H and O–H groups in total. The van der Waals surface area contributed by atoms with Crippen LogP contribution in [0.4, 0.5) is 8.78 Å². The lowest BCUT2D eigenvalue weighted by Crippen LogP contribution is -2.40. The maximum atomic E-state index is 13.8. The number of benzene rings is 1. The van der Waals surface area contributed by atoms with Crippen LogP contribution in [0.2, 0.25) is 0 Å². The standard InChI is InChI=1S/C17H23F2NO2/c1-4-8-22-12-16(21)11-20(13(3)5-2)10-14-6-7-15(18)9-17(14)19/h1,6-7,9,13,16,21H,5,8,10-12H2,2-3H3/t13-,16+/m0/s1. The summed E-state index contributed by atoms with van der Waals surface area (Å²) in [6.45, 7) is 4.91. The molecule has 0 aliphatic carbocycles. The number of aliphatic hydroxyl groups excluding tert-OH is 1. The summed E-state index contributed by atoms with van der Waals surface area (Å²) in [5, 5.41) is 9.99. The molecule has 0 unspecified atom stereocenters. The summed E-state index contributed by atoms with van der Waals surface area (Å²) in [5.41, 5.74) is 0.401. The minimum atomic E-state index is -0.717. The van der Waals surface area contributed by atoms with E-state index < -0.39 is 17.7 Å². The fourth-order valence-electron chi connectivity index (χ4n) is 2.10. The number of nitrogens with zero attached hydrogens (tertiary/aromatic N) is 1. The third kappa shape index (κ3) is 6.10. The first-order valence-corrected chi connectivity index (χ1v) is 7.35. The Morgan fingerprint density at radius 1 is 1.41 bits per heavy atom. The largest absolute Gasteiger partial charge is 0.389 e. The Morgan fingerprint density at radius 3 is 2.73 bits per heavy atom. The van der Waals surface area contributed by atoms with Crippen LogP contribution in [0.1, 0.15) is 25.8 Å². The van der Waals surface area contributed by atoms with Crippen LogP contribution in [0.5, 0.6) is 0 Å². The second-order valence-electron chi connectivity index (χ2n) is 5.30. The van der Waals surface area contributed by atoms with Crippen LogP contribution < -0.4 is 0 Å². The highest BCUT2D eigenvalue weighted by atomic mass is 19.1. The van der Waals surface area contributed by atoms with Gasteiger partial charge in [-0.05, 0) is 19.4 Å². The first-order valence-electron chi connectivity index (χ1n) is 7.35. The van der Waals surface area contributed by atoms with E-state index >= 15 is 0 Å². The molecule has 2 atom stereocenters. The van der Waals surface area contributed by atoms with E-state index in [1.54, 1.807) is 0 Å². The van der Waals surface area contributed by atoms with Crippen LogP contribution in [-0.2, 0) is 11.3 Å². The molecule has 3 nitrogen and oxygen atoms in total. The minimum Gasteiger partial charge on any atom is -0.389 e. The normalized spacial score (nSPS) is 13.9. The van der Waals surface area contributed by atoms with Gasteiger partial charge in [0.05, 0.1) is 12.7 Å². The van der Waals surface area contributed by atoms with Crippen LogP contribution in [0.3, 0.4) is 0 Å². The van der Waals surface area contributed by atoms with Gasteiger partial charge in [-0.3, -0.25) is 4.90 Å². The van der Waals surface area contributed by atoms with Gasteiger partial charge in [0.2, 0.25) is 0 Å². The summed E-state index contributed by atoms with van der Waals surface area (Å²) >= 11 is 0. The number of hydrogen-bond acceptors (Lipinski definition) is 3. The SMILES string of the molecule is C#CCOC[C@H](O)CN(Cc1ccc(F)cc1F)[C@@H](C)CC. The smallest absolute Gasteiger partial charge is 0.130 e. The van der Waals surface area contributed by atoms with Crippen molar-refractivity contribution in [2.75, 3.05) is 19.8 Å². The Hall–Kier alpha value is -1.48. The first-order chi connectivity index (χ1) is 10.5. The summed E-state index contributed by atoms with van der Waals surface area (Å²) in [4.78, 5) is 1.94. The molecule has 0 aromatic heterocycles. The Morgan fingerprint density at radius 2 is 2.14 bits per heavy atom. The Bertz CT molecular complexity index is 502. The quantitative estimate of drug-likeness (QED) is 0.562. The molecule has 0 fully saturated rings.